The molecule has 0 amide bonds. The van der Waals surface area contributed by atoms with Gasteiger partial charge in [-0.05, 0) is 57.0 Å². The number of aryl methyl sites for hydroxylation is 1. The van der Waals surface area contributed by atoms with E-state index in [0.29, 0.717) is 17.2 Å². The van der Waals surface area contributed by atoms with Crippen LogP contribution in [-0.2, 0) is 7.05 Å². The predicted molar refractivity (Wildman–Crippen MR) is 103 cm³/mol. The molecule has 0 radical (unpaired) electrons. The van der Waals surface area contributed by atoms with Gasteiger partial charge in [0.15, 0.2) is 10.9 Å². The molecule has 1 fully saturated rings. The number of ketones is 1. The van der Waals surface area contributed by atoms with Crippen molar-refractivity contribution in [1.82, 2.24) is 19.3 Å². The number of Topliss-reactive ketones (excluding diaryl/α,β-unsaturated/α-hetero) is 1. The van der Waals surface area contributed by atoms with Crippen LogP contribution in [0.25, 0.3) is 5.69 Å². The summed E-state index contributed by atoms with van der Waals surface area (Å²) in [6.07, 6.45) is 2.34. The molecule has 0 atom stereocenters. The molecular formula is C20H21FN4OS. The lowest BCUT2D eigenvalue weighted by molar-refractivity contribution is 0.102. The first-order valence-electron chi connectivity index (χ1n) is 8.96. The number of nitrogens with zero attached hydrogens (tertiary/aromatic N) is 4. The van der Waals surface area contributed by atoms with Crippen molar-refractivity contribution < 1.29 is 9.18 Å². The first kappa shape index (κ1) is 18.0. The van der Waals surface area contributed by atoms with Crippen LogP contribution in [0.1, 0.15) is 46.3 Å². The molecule has 2 heterocycles. The molecule has 7 heteroatoms. The number of aromatic nitrogens is 4. The molecule has 140 valence electrons. The Labute approximate surface area is 161 Å². The Kier molecular flexibility index (Phi) is 4.63. The second kappa shape index (κ2) is 6.96. The Balaban J connectivity index is 1.52. The van der Waals surface area contributed by atoms with Crippen molar-refractivity contribution in [2.24, 2.45) is 7.05 Å². The summed E-state index contributed by atoms with van der Waals surface area (Å²) in [5.41, 5.74) is 3.35. The van der Waals surface area contributed by atoms with Crippen LogP contribution in [0.2, 0.25) is 0 Å². The van der Waals surface area contributed by atoms with Gasteiger partial charge in [0.25, 0.3) is 0 Å². The zero-order valence-electron chi connectivity index (χ0n) is 15.6. The van der Waals surface area contributed by atoms with Crippen LogP contribution >= 0.6 is 11.8 Å². The molecule has 0 aliphatic heterocycles. The molecule has 1 aliphatic rings. The topological polar surface area (TPSA) is 52.7 Å². The summed E-state index contributed by atoms with van der Waals surface area (Å²) in [6.45, 7) is 3.87. The Morgan fingerprint density at radius 1 is 1.22 bits per heavy atom. The SMILES string of the molecule is Cc1cc(C(=O)CSc2nnc(C3CC3)n2C)c(C)n1-c1ccc(F)cc1. The summed E-state index contributed by atoms with van der Waals surface area (Å²) in [5.74, 6) is 1.63. The highest BCUT2D eigenvalue weighted by atomic mass is 32.2. The third kappa shape index (κ3) is 3.43. The molecular weight excluding hydrogens is 363 g/mol. The highest BCUT2D eigenvalue weighted by Gasteiger charge is 2.29. The van der Waals surface area contributed by atoms with Gasteiger partial charge in [0.2, 0.25) is 0 Å². The Morgan fingerprint density at radius 3 is 2.59 bits per heavy atom. The van der Waals surface area contributed by atoms with Crippen LogP contribution in [0.3, 0.4) is 0 Å². The van der Waals surface area contributed by atoms with Crippen molar-refractivity contribution >= 4 is 17.5 Å². The van der Waals surface area contributed by atoms with Gasteiger partial charge in [-0.2, -0.15) is 0 Å². The molecule has 1 aromatic carbocycles. The number of halogens is 1. The molecule has 0 saturated heterocycles. The quantitative estimate of drug-likeness (QED) is 0.472. The van der Waals surface area contributed by atoms with Gasteiger partial charge in [-0.1, -0.05) is 11.8 Å². The summed E-state index contributed by atoms with van der Waals surface area (Å²) < 4.78 is 17.2. The van der Waals surface area contributed by atoms with E-state index in [0.717, 1.165) is 28.1 Å². The second-order valence-corrected chi connectivity index (χ2v) is 7.93. The monoisotopic (exact) mass is 384 g/mol. The van der Waals surface area contributed by atoms with Crippen LogP contribution < -0.4 is 0 Å². The minimum Gasteiger partial charge on any atom is -0.318 e. The first-order valence-corrected chi connectivity index (χ1v) is 9.94. The van der Waals surface area contributed by atoms with Crippen LogP contribution in [-0.4, -0.2) is 30.9 Å². The number of carbonyl (C=O) groups excluding carboxylic acids is 1. The Bertz CT molecular complexity index is 1000. The maximum Gasteiger partial charge on any atom is 0.191 e. The third-order valence-corrected chi connectivity index (χ3v) is 5.98. The van der Waals surface area contributed by atoms with Crippen LogP contribution in [0, 0.1) is 19.7 Å². The lowest BCUT2D eigenvalue weighted by atomic mass is 10.2. The fraction of sp³-hybridized carbons (Fsp3) is 0.350. The molecule has 27 heavy (non-hydrogen) atoms. The van der Waals surface area contributed by atoms with Gasteiger partial charge in [-0.25, -0.2) is 4.39 Å². The summed E-state index contributed by atoms with van der Waals surface area (Å²) in [5, 5.41) is 9.26. The molecule has 0 N–H and O–H groups in total. The Morgan fingerprint density at radius 2 is 1.93 bits per heavy atom. The lowest BCUT2D eigenvalue weighted by Gasteiger charge is -2.09. The minimum absolute atomic E-state index is 0.0532. The maximum atomic E-state index is 13.2. The van der Waals surface area contributed by atoms with Gasteiger partial charge >= 0.3 is 0 Å². The van der Waals surface area contributed by atoms with E-state index in [2.05, 4.69) is 10.2 Å². The van der Waals surface area contributed by atoms with E-state index >= 15 is 0 Å². The van der Waals surface area contributed by atoms with Crippen molar-refractivity contribution in [3.8, 4) is 5.69 Å². The zero-order valence-corrected chi connectivity index (χ0v) is 16.4. The van der Waals surface area contributed by atoms with Crippen molar-refractivity contribution in [1.29, 1.82) is 0 Å². The van der Waals surface area contributed by atoms with Gasteiger partial charge in [-0.3, -0.25) is 4.79 Å². The first-order chi connectivity index (χ1) is 13.0. The molecule has 1 saturated carbocycles. The number of carbonyl (C=O) groups is 1. The van der Waals surface area contributed by atoms with Crippen LogP contribution in [0.15, 0.2) is 35.5 Å². The molecule has 0 bridgehead atoms. The summed E-state index contributed by atoms with van der Waals surface area (Å²) in [4.78, 5) is 12.8. The smallest absolute Gasteiger partial charge is 0.191 e. The number of hydrogen-bond acceptors (Lipinski definition) is 4. The van der Waals surface area contributed by atoms with E-state index in [1.54, 1.807) is 12.1 Å². The molecule has 3 aromatic rings. The van der Waals surface area contributed by atoms with Gasteiger partial charge in [0.1, 0.15) is 11.6 Å². The van der Waals surface area contributed by atoms with Crippen molar-refractivity contribution in [2.45, 2.75) is 37.8 Å². The summed E-state index contributed by atoms with van der Waals surface area (Å²) >= 11 is 1.42. The molecule has 1 aliphatic carbocycles. The fourth-order valence-electron chi connectivity index (χ4n) is 3.39. The zero-order chi connectivity index (χ0) is 19.1. The average molecular weight is 384 g/mol. The summed E-state index contributed by atoms with van der Waals surface area (Å²) in [7, 11) is 1.96. The highest BCUT2D eigenvalue weighted by Crippen LogP contribution is 2.39. The predicted octanol–water partition coefficient (Wildman–Crippen LogP) is 4.21. The van der Waals surface area contributed by atoms with E-state index < -0.39 is 0 Å². The standard InChI is InChI=1S/C20H21FN4OS/c1-12-10-17(13(2)25(12)16-8-6-15(21)7-9-16)18(26)11-27-20-23-22-19(24(20)3)14-4-5-14/h6-10,14H,4-5,11H2,1-3H3. The van der Waals surface area contributed by atoms with Gasteiger partial charge < -0.3 is 9.13 Å². The average Bonchev–Trinajstić information content (AvgIpc) is 3.36. The fourth-order valence-corrected chi connectivity index (χ4v) is 4.19. The third-order valence-electron chi connectivity index (χ3n) is 4.96. The second-order valence-electron chi connectivity index (χ2n) is 6.98. The number of thioether (sulfide) groups is 1. The molecule has 2 aromatic heterocycles. The van der Waals surface area contributed by atoms with Gasteiger partial charge in [0.05, 0.1) is 5.75 Å². The maximum absolute atomic E-state index is 13.2. The normalized spacial score (nSPS) is 13.9. The van der Waals surface area contributed by atoms with E-state index in [1.807, 2.05) is 36.1 Å². The highest BCUT2D eigenvalue weighted by molar-refractivity contribution is 7.99. The number of benzene rings is 1. The van der Waals surface area contributed by atoms with Crippen molar-refractivity contribution in [3.05, 3.63) is 58.9 Å². The van der Waals surface area contributed by atoms with Gasteiger partial charge in [-0.15, -0.1) is 10.2 Å². The molecule has 0 unspecified atom stereocenters. The minimum atomic E-state index is -0.275. The van der Waals surface area contributed by atoms with Crippen molar-refractivity contribution in [2.75, 3.05) is 5.75 Å². The van der Waals surface area contributed by atoms with E-state index in [-0.39, 0.29) is 11.6 Å². The van der Waals surface area contributed by atoms with E-state index in [4.69, 9.17) is 0 Å². The largest absolute Gasteiger partial charge is 0.318 e. The molecule has 0 spiro atoms. The lowest BCUT2D eigenvalue weighted by Crippen LogP contribution is -2.06. The number of rotatable bonds is 6. The molecule has 5 nitrogen and oxygen atoms in total. The van der Waals surface area contributed by atoms with Crippen LogP contribution in [0.5, 0.6) is 0 Å². The van der Waals surface area contributed by atoms with Crippen molar-refractivity contribution in [3.63, 3.8) is 0 Å². The van der Waals surface area contributed by atoms with Crippen LogP contribution in [0.4, 0.5) is 4.39 Å². The molecule has 4 rings (SSSR count). The van der Waals surface area contributed by atoms with Gasteiger partial charge in [0, 0.05) is 35.6 Å². The Hall–Kier alpha value is -2.41. The number of hydrogen-bond donors (Lipinski definition) is 0. The van der Waals surface area contributed by atoms with E-state index in [9.17, 15) is 9.18 Å². The summed E-state index contributed by atoms with van der Waals surface area (Å²) in [6, 6.07) is 8.19. The van der Waals surface area contributed by atoms with E-state index in [1.165, 1.54) is 36.7 Å².